The van der Waals surface area contributed by atoms with Crippen molar-refractivity contribution in [3.63, 3.8) is 0 Å². The molecule has 3 heteroatoms. The first kappa shape index (κ1) is 14.9. The minimum atomic E-state index is 0.337. The molecule has 1 saturated heterocycles. The van der Waals surface area contributed by atoms with E-state index in [-0.39, 0.29) is 0 Å². The van der Waals surface area contributed by atoms with E-state index in [1.54, 1.807) is 0 Å². The molecule has 1 fully saturated rings. The summed E-state index contributed by atoms with van der Waals surface area (Å²) in [5.74, 6) is 4.68. The van der Waals surface area contributed by atoms with Crippen LogP contribution in [0.2, 0.25) is 0 Å². The minimum Gasteiger partial charge on any atom is -0.308 e. The van der Waals surface area contributed by atoms with Gasteiger partial charge in [-0.2, -0.15) is 0 Å². The number of thioether (sulfide) groups is 1. The zero-order valence-corrected chi connectivity index (χ0v) is 12.3. The monoisotopic (exact) mass is 254 g/mol. The van der Waals surface area contributed by atoms with E-state index < -0.39 is 0 Å². The summed E-state index contributed by atoms with van der Waals surface area (Å²) in [4.78, 5) is 2.62. The molecular weight excluding hydrogens is 228 g/mol. The maximum absolute atomic E-state index is 5.27. The first-order valence-corrected chi connectivity index (χ1v) is 7.83. The highest BCUT2D eigenvalue weighted by atomic mass is 32.2. The van der Waals surface area contributed by atoms with Crippen molar-refractivity contribution in [3.05, 3.63) is 0 Å². The van der Waals surface area contributed by atoms with E-state index in [4.69, 9.17) is 6.42 Å². The van der Waals surface area contributed by atoms with Gasteiger partial charge in [-0.05, 0) is 19.8 Å². The summed E-state index contributed by atoms with van der Waals surface area (Å²) in [6.45, 7) is 10.3. The molecule has 17 heavy (non-hydrogen) atoms. The first-order chi connectivity index (χ1) is 8.17. The highest BCUT2D eigenvalue weighted by Gasteiger charge is 2.34. The van der Waals surface area contributed by atoms with Gasteiger partial charge in [-0.25, -0.2) is 0 Å². The maximum Gasteiger partial charge on any atom is 0.0545 e. The molecule has 0 radical (unpaired) electrons. The molecule has 0 bridgehead atoms. The van der Waals surface area contributed by atoms with Crippen LogP contribution >= 0.6 is 11.8 Å². The van der Waals surface area contributed by atoms with Gasteiger partial charge < -0.3 is 5.32 Å². The van der Waals surface area contributed by atoms with Crippen LogP contribution in [0.15, 0.2) is 0 Å². The lowest BCUT2D eigenvalue weighted by molar-refractivity contribution is 0.0868. The van der Waals surface area contributed by atoms with Gasteiger partial charge in [0.15, 0.2) is 0 Å². The lowest BCUT2D eigenvalue weighted by Crippen LogP contribution is -2.63. The molecule has 0 saturated carbocycles. The molecule has 0 aromatic carbocycles. The molecular formula is C14H26N2S. The van der Waals surface area contributed by atoms with Crippen molar-refractivity contribution in [2.45, 2.75) is 45.2 Å². The summed E-state index contributed by atoms with van der Waals surface area (Å²) in [5, 5.41) is 3.73. The second-order valence-electron chi connectivity index (χ2n) is 4.94. The third kappa shape index (κ3) is 4.21. The fourth-order valence-corrected chi connectivity index (χ4v) is 3.06. The molecule has 0 amide bonds. The zero-order valence-electron chi connectivity index (χ0n) is 11.5. The number of rotatable bonds is 6. The summed E-state index contributed by atoms with van der Waals surface area (Å²) in [5.41, 5.74) is 0.337. The van der Waals surface area contributed by atoms with Crippen molar-refractivity contribution in [3.8, 4) is 12.3 Å². The lowest BCUT2D eigenvalue weighted by atomic mass is 9.89. The number of hydrogen-bond acceptors (Lipinski definition) is 3. The molecule has 1 aliphatic heterocycles. The van der Waals surface area contributed by atoms with Gasteiger partial charge >= 0.3 is 0 Å². The molecule has 2 nitrogen and oxygen atoms in total. The van der Waals surface area contributed by atoms with Gasteiger partial charge in [0.05, 0.1) is 5.75 Å². The molecule has 0 aromatic heterocycles. The summed E-state index contributed by atoms with van der Waals surface area (Å²) in [7, 11) is 0. The zero-order chi connectivity index (χ0) is 12.7. The van der Waals surface area contributed by atoms with Crippen LogP contribution in [0.4, 0.5) is 0 Å². The number of nitrogens with one attached hydrogen (secondary N) is 1. The van der Waals surface area contributed by atoms with Crippen LogP contribution in [0, 0.1) is 12.3 Å². The second-order valence-corrected chi connectivity index (χ2v) is 6.05. The Hall–Kier alpha value is -0.170. The summed E-state index contributed by atoms with van der Waals surface area (Å²) < 4.78 is 0. The first-order valence-electron chi connectivity index (χ1n) is 6.67. The average Bonchev–Trinajstić information content (AvgIpc) is 2.37. The van der Waals surface area contributed by atoms with E-state index >= 15 is 0 Å². The summed E-state index contributed by atoms with van der Waals surface area (Å²) in [6.07, 6.45) is 7.69. The van der Waals surface area contributed by atoms with E-state index in [2.05, 4.69) is 36.9 Å². The number of nitrogens with zero attached hydrogens (tertiary/aromatic N) is 1. The minimum absolute atomic E-state index is 0.337. The molecule has 1 atom stereocenters. The van der Waals surface area contributed by atoms with Crippen LogP contribution in [0.1, 0.15) is 33.6 Å². The Labute approximate surface area is 111 Å². The normalized spacial score (nSPS) is 24.5. The van der Waals surface area contributed by atoms with E-state index in [1.807, 2.05) is 11.8 Å². The summed E-state index contributed by atoms with van der Waals surface area (Å²) in [6, 6.07) is 0.646. The van der Waals surface area contributed by atoms with Gasteiger partial charge in [-0.1, -0.05) is 19.8 Å². The quantitative estimate of drug-likeness (QED) is 0.578. The van der Waals surface area contributed by atoms with Gasteiger partial charge in [0.25, 0.3) is 0 Å². The largest absolute Gasteiger partial charge is 0.308 e. The molecule has 1 unspecified atom stereocenters. The van der Waals surface area contributed by atoms with Crippen molar-refractivity contribution < 1.29 is 0 Å². The Morgan fingerprint density at radius 2 is 2.18 bits per heavy atom. The van der Waals surface area contributed by atoms with Gasteiger partial charge in [0.1, 0.15) is 0 Å². The standard InChI is InChI=1S/C14H26N2S/c1-5-9-17-10-8-16-12-14(6-2,7-3)15-11-13(16)4/h1,13,15H,6-12H2,2-4H3. The van der Waals surface area contributed by atoms with Crippen molar-refractivity contribution >= 4 is 11.8 Å². The van der Waals surface area contributed by atoms with E-state index in [0.717, 1.165) is 24.6 Å². The van der Waals surface area contributed by atoms with Crippen LogP contribution < -0.4 is 5.32 Å². The van der Waals surface area contributed by atoms with Gasteiger partial charge in [0, 0.05) is 37.0 Å². The number of terminal acetylenes is 1. The fraction of sp³-hybridized carbons (Fsp3) is 0.857. The van der Waals surface area contributed by atoms with Gasteiger partial charge in [-0.3, -0.25) is 4.90 Å². The molecule has 1 heterocycles. The van der Waals surface area contributed by atoms with Crippen molar-refractivity contribution in [2.24, 2.45) is 0 Å². The van der Waals surface area contributed by atoms with E-state index in [0.29, 0.717) is 11.6 Å². The maximum atomic E-state index is 5.27. The topological polar surface area (TPSA) is 15.3 Å². The van der Waals surface area contributed by atoms with Crippen LogP contribution in [-0.2, 0) is 0 Å². The van der Waals surface area contributed by atoms with Crippen molar-refractivity contribution in [1.82, 2.24) is 10.2 Å². The van der Waals surface area contributed by atoms with Crippen LogP contribution in [0.25, 0.3) is 0 Å². The Kier molecular flexibility index (Phi) is 6.40. The van der Waals surface area contributed by atoms with Gasteiger partial charge in [-0.15, -0.1) is 18.2 Å². The van der Waals surface area contributed by atoms with Gasteiger partial charge in [0.2, 0.25) is 0 Å². The third-order valence-corrected chi connectivity index (χ3v) is 4.81. The van der Waals surface area contributed by atoms with Crippen LogP contribution in [-0.4, -0.2) is 47.6 Å². The Balaban J connectivity index is 2.43. The number of hydrogen-bond donors (Lipinski definition) is 1. The predicted molar refractivity (Wildman–Crippen MR) is 78.5 cm³/mol. The Bertz CT molecular complexity index is 255. The molecule has 1 N–H and O–H groups in total. The van der Waals surface area contributed by atoms with Crippen molar-refractivity contribution in [1.29, 1.82) is 0 Å². The van der Waals surface area contributed by atoms with E-state index in [1.165, 1.54) is 19.4 Å². The van der Waals surface area contributed by atoms with Crippen molar-refractivity contribution in [2.75, 3.05) is 31.1 Å². The fourth-order valence-electron chi connectivity index (χ4n) is 2.43. The lowest BCUT2D eigenvalue weighted by Gasteiger charge is -2.46. The van der Waals surface area contributed by atoms with E-state index in [9.17, 15) is 0 Å². The Morgan fingerprint density at radius 3 is 2.76 bits per heavy atom. The highest BCUT2D eigenvalue weighted by Crippen LogP contribution is 2.22. The van der Waals surface area contributed by atoms with Crippen LogP contribution in [0.3, 0.4) is 0 Å². The molecule has 0 aromatic rings. The molecule has 1 aliphatic rings. The SMILES string of the molecule is C#CCSCCN1CC(CC)(CC)NCC1C. The third-order valence-electron chi connectivity index (χ3n) is 3.96. The molecule has 0 spiro atoms. The number of piperazine rings is 1. The molecule has 1 rings (SSSR count). The molecule has 0 aliphatic carbocycles. The summed E-state index contributed by atoms with van der Waals surface area (Å²) >= 11 is 1.87. The Morgan fingerprint density at radius 1 is 1.47 bits per heavy atom. The smallest absolute Gasteiger partial charge is 0.0545 e. The predicted octanol–water partition coefficient (Wildman–Crippen LogP) is 2.21. The molecule has 98 valence electrons. The van der Waals surface area contributed by atoms with Crippen LogP contribution in [0.5, 0.6) is 0 Å². The second kappa shape index (κ2) is 7.31. The highest BCUT2D eigenvalue weighted by molar-refractivity contribution is 7.99. The average molecular weight is 254 g/mol.